The lowest BCUT2D eigenvalue weighted by Crippen LogP contribution is -2.37. The first kappa shape index (κ1) is 20.7. The Hall–Kier alpha value is -4.22. The number of aromatic nitrogens is 10. The first-order valence-electron chi connectivity index (χ1n) is 10.7. The minimum absolute atomic E-state index is 0.178. The SMILES string of the molecule is CCCc1cn(-c2nnnn2C)c(=O)n1CC1(c2cccc(-c3nnn[nH]3)c2)C=CN=CC1. The number of rotatable bonds is 7. The molecule has 0 spiro atoms. The molecule has 0 saturated heterocycles. The van der Waals surface area contributed by atoms with Gasteiger partial charge in [-0.25, -0.2) is 19.1 Å². The maximum atomic E-state index is 13.5. The Bertz CT molecular complexity index is 1380. The molecule has 3 aromatic heterocycles. The number of aryl methyl sites for hydroxylation is 2. The molecule has 0 fully saturated rings. The van der Waals surface area contributed by atoms with Gasteiger partial charge >= 0.3 is 5.69 Å². The van der Waals surface area contributed by atoms with Crippen molar-refractivity contribution >= 4 is 6.21 Å². The number of nitrogens with one attached hydrogen (secondary N) is 1. The second-order valence-electron chi connectivity index (χ2n) is 8.05. The lowest BCUT2D eigenvalue weighted by atomic mass is 9.76. The van der Waals surface area contributed by atoms with Crippen LogP contribution in [-0.4, -0.2) is 56.2 Å². The molecule has 1 N–H and O–H groups in total. The van der Waals surface area contributed by atoms with Crippen molar-refractivity contribution in [2.24, 2.45) is 12.0 Å². The van der Waals surface area contributed by atoms with E-state index in [9.17, 15) is 4.79 Å². The van der Waals surface area contributed by atoms with Gasteiger partial charge in [0.25, 0.3) is 5.95 Å². The van der Waals surface area contributed by atoms with Gasteiger partial charge in [-0.3, -0.25) is 9.56 Å². The van der Waals surface area contributed by atoms with Gasteiger partial charge in [0.2, 0.25) is 0 Å². The fourth-order valence-electron chi connectivity index (χ4n) is 4.22. The van der Waals surface area contributed by atoms with E-state index in [4.69, 9.17) is 0 Å². The molecule has 4 aromatic rings. The van der Waals surface area contributed by atoms with Crippen molar-refractivity contribution in [2.75, 3.05) is 0 Å². The molecule has 12 nitrogen and oxygen atoms in total. The molecular weight excluding hydrogens is 422 g/mol. The predicted octanol–water partition coefficient (Wildman–Crippen LogP) is 1.22. The van der Waals surface area contributed by atoms with Crippen LogP contribution in [0.1, 0.15) is 31.0 Å². The molecule has 4 heterocycles. The summed E-state index contributed by atoms with van der Waals surface area (Å²) in [6.45, 7) is 2.54. The third kappa shape index (κ3) is 3.69. The van der Waals surface area contributed by atoms with Crippen molar-refractivity contribution in [2.45, 2.75) is 38.1 Å². The standard InChI is InChI=1S/C21H23N11O/c1-3-5-17-13-31(19-25-28-29-30(19)2)20(33)32(17)14-21(8-10-22-11-9-21)16-7-4-6-15(12-16)18-23-26-27-24-18/h4,6-8,10-13H,3,5,9,14H2,1-2H3,(H,23,24,26,27). The molecule has 1 atom stereocenters. The highest BCUT2D eigenvalue weighted by Crippen LogP contribution is 2.35. The maximum Gasteiger partial charge on any atom is 0.335 e. The zero-order valence-corrected chi connectivity index (χ0v) is 18.3. The molecule has 33 heavy (non-hydrogen) atoms. The van der Waals surface area contributed by atoms with E-state index in [1.165, 1.54) is 9.25 Å². The van der Waals surface area contributed by atoms with Gasteiger partial charge < -0.3 is 0 Å². The Balaban J connectivity index is 1.61. The highest BCUT2D eigenvalue weighted by molar-refractivity contribution is 5.65. The Morgan fingerprint density at radius 3 is 2.82 bits per heavy atom. The summed E-state index contributed by atoms with van der Waals surface area (Å²) in [5.74, 6) is 0.968. The fourth-order valence-corrected chi connectivity index (χ4v) is 4.22. The minimum atomic E-state index is -0.470. The van der Waals surface area contributed by atoms with Crippen LogP contribution in [0.2, 0.25) is 0 Å². The smallest absolute Gasteiger partial charge is 0.295 e. The predicted molar refractivity (Wildman–Crippen MR) is 120 cm³/mol. The van der Waals surface area contributed by atoms with E-state index in [0.717, 1.165) is 29.7 Å². The van der Waals surface area contributed by atoms with E-state index in [1.807, 2.05) is 29.1 Å². The van der Waals surface area contributed by atoms with Crippen LogP contribution in [0, 0.1) is 0 Å². The summed E-state index contributed by atoms with van der Waals surface area (Å²) in [5, 5.41) is 25.8. The van der Waals surface area contributed by atoms with Gasteiger partial charge in [0.05, 0.1) is 0 Å². The quantitative estimate of drug-likeness (QED) is 0.451. The lowest BCUT2D eigenvalue weighted by molar-refractivity contribution is 0.439. The van der Waals surface area contributed by atoms with Gasteiger partial charge in [0.1, 0.15) is 0 Å². The van der Waals surface area contributed by atoms with Crippen LogP contribution < -0.4 is 5.69 Å². The van der Waals surface area contributed by atoms with Crippen molar-refractivity contribution in [1.29, 1.82) is 0 Å². The van der Waals surface area contributed by atoms with Crippen molar-refractivity contribution < 1.29 is 0 Å². The Kier molecular flexibility index (Phi) is 5.24. The second-order valence-corrected chi connectivity index (χ2v) is 8.05. The van der Waals surface area contributed by atoms with E-state index < -0.39 is 5.41 Å². The number of benzene rings is 1. The highest BCUT2D eigenvalue weighted by Gasteiger charge is 2.33. The third-order valence-electron chi connectivity index (χ3n) is 5.92. The summed E-state index contributed by atoms with van der Waals surface area (Å²) in [6.07, 6.45) is 9.88. The van der Waals surface area contributed by atoms with Gasteiger partial charge in [-0.2, -0.15) is 0 Å². The largest absolute Gasteiger partial charge is 0.335 e. The highest BCUT2D eigenvalue weighted by atomic mass is 16.2. The van der Waals surface area contributed by atoms with Crippen LogP contribution in [0.15, 0.2) is 52.5 Å². The lowest BCUT2D eigenvalue weighted by Gasteiger charge is -2.32. The number of tetrazole rings is 2. The van der Waals surface area contributed by atoms with Crippen LogP contribution >= 0.6 is 0 Å². The Morgan fingerprint density at radius 1 is 1.21 bits per heavy atom. The number of aromatic amines is 1. The number of hydrogen-bond acceptors (Lipinski definition) is 8. The molecule has 0 amide bonds. The molecule has 0 saturated carbocycles. The Labute approximate surface area is 188 Å². The van der Waals surface area contributed by atoms with E-state index in [1.54, 1.807) is 13.2 Å². The van der Waals surface area contributed by atoms with Gasteiger partial charge in [-0.15, -0.1) is 5.10 Å². The molecule has 12 heteroatoms. The molecule has 0 aliphatic carbocycles. The van der Waals surface area contributed by atoms with Crippen molar-refractivity contribution in [1.82, 2.24) is 50.0 Å². The number of aliphatic imine (C=N–C) groups is 1. The van der Waals surface area contributed by atoms with E-state index in [-0.39, 0.29) is 5.69 Å². The van der Waals surface area contributed by atoms with Crippen molar-refractivity contribution in [3.05, 3.63) is 64.5 Å². The topological polar surface area (TPSA) is 137 Å². The molecule has 1 aliphatic rings. The summed E-state index contributed by atoms with van der Waals surface area (Å²) in [7, 11) is 1.71. The van der Waals surface area contributed by atoms with Gasteiger partial charge in [-0.1, -0.05) is 42.7 Å². The average Bonchev–Trinajstić information content (AvgIpc) is 3.58. The molecule has 168 valence electrons. The Morgan fingerprint density at radius 2 is 2.12 bits per heavy atom. The number of H-pyrrole nitrogens is 1. The van der Waals surface area contributed by atoms with Crippen LogP contribution in [0.4, 0.5) is 0 Å². The summed E-state index contributed by atoms with van der Waals surface area (Å²) in [5.41, 5.74) is 2.19. The zero-order valence-electron chi connectivity index (χ0n) is 18.3. The summed E-state index contributed by atoms with van der Waals surface area (Å²) >= 11 is 0. The summed E-state index contributed by atoms with van der Waals surface area (Å²) < 4.78 is 4.82. The number of allylic oxidation sites excluding steroid dienone is 1. The molecule has 1 unspecified atom stereocenters. The summed E-state index contributed by atoms with van der Waals surface area (Å²) in [4.78, 5) is 17.8. The van der Waals surface area contributed by atoms with Gasteiger partial charge in [-0.05, 0) is 45.3 Å². The van der Waals surface area contributed by atoms with E-state index in [2.05, 4.69) is 66.3 Å². The maximum absolute atomic E-state index is 13.5. The zero-order chi connectivity index (χ0) is 22.8. The first-order valence-corrected chi connectivity index (χ1v) is 10.7. The number of hydrogen-bond donors (Lipinski definition) is 1. The molecular formula is C21H23N11O. The summed E-state index contributed by atoms with van der Waals surface area (Å²) in [6, 6.07) is 8.04. The third-order valence-corrected chi connectivity index (χ3v) is 5.92. The van der Waals surface area contributed by atoms with E-state index >= 15 is 0 Å². The van der Waals surface area contributed by atoms with Gasteiger partial charge in [0.15, 0.2) is 5.82 Å². The second kappa shape index (κ2) is 8.37. The molecule has 0 bridgehead atoms. The van der Waals surface area contributed by atoms with Crippen LogP contribution in [0.25, 0.3) is 17.3 Å². The van der Waals surface area contributed by atoms with Crippen LogP contribution in [-0.2, 0) is 25.4 Å². The first-order chi connectivity index (χ1) is 16.1. The fraction of sp³-hybridized carbons (Fsp3) is 0.333. The molecule has 5 rings (SSSR count). The monoisotopic (exact) mass is 445 g/mol. The number of nitrogens with zero attached hydrogens (tertiary/aromatic N) is 10. The molecule has 1 aliphatic heterocycles. The van der Waals surface area contributed by atoms with Crippen LogP contribution in [0.5, 0.6) is 0 Å². The van der Waals surface area contributed by atoms with Crippen molar-refractivity contribution in [3.63, 3.8) is 0 Å². The average molecular weight is 445 g/mol. The van der Waals surface area contributed by atoms with Gasteiger partial charge in [0, 0.05) is 48.9 Å². The minimum Gasteiger partial charge on any atom is -0.295 e. The molecule has 0 radical (unpaired) electrons. The van der Waals surface area contributed by atoms with Crippen LogP contribution in [0.3, 0.4) is 0 Å². The normalized spacial score (nSPS) is 17.6. The molecule has 1 aromatic carbocycles. The van der Waals surface area contributed by atoms with Crippen molar-refractivity contribution in [3.8, 4) is 17.3 Å². The van der Waals surface area contributed by atoms with E-state index in [0.29, 0.717) is 24.7 Å². The number of imidazole rings is 1.